The molecule has 2 amide bonds. The van der Waals surface area contributed by atoms with Crippen LogP contribution >= 0.6 is 0 Å². The van der Waals surface area contributed by atoms with Crippen LogP contribution in [0.3, 0.4) is 0 Å². The summed E-state index contributed by atoms with van der Waals surface area (Å²) in [5, 5.41) is 6.80. The van der Waals surface area contributed by atoms with E-state index in [4.69, 9.17) is 5.73 Å². The third kappa shape index (κ3) is 2.69. The average Bonchev–Trinajstić information content (AvgIpc) is 3.17. The van der Waals surface area contributed by atoms with Gasteiger partial charge < -0.3 is 11.1 Å². The second kappa shape index (κ2) is 5.25. The van der Waals surface area contributed by atoms with Crippen molar-refractivity contribution < 1.29 is 14.0 Å². The van der Waals surface area contributed by atoms with Gasteiger partial charge in [-0.3, -0.25) is 14.3 Å². The first-order valence-electron chi connectivity index (χ1n) is 6.89. The van der Waals surface area contributed by atoms with Gasteiger partial charge >= 0.3 is 0 Å². The lowest BCUT2D eigenvalue weighted by Crippen LogP contribution is -2.28. The van der Waals surface area contributed by atoms with Crippen molar-refractivity contribution in [1.82, 2.24) is 9.78 Å². The van der Waals surface area contributed by atoms with Crippen LogP contribution in [0.2, 0.25) is 0 Å². The van der Waals surface area contributed by atoms with Crippen LogP contribution < -0.4 is 11.1 Å². The van der Waals surface area contributed by atoms with E-state index >= 15 is 0 Å². The molecular formula is C15H15FN4O2. The molecule has 1 aliphatic carbocycles. The van der Waals surface area contributed by atoms with Crippen LogP contribution in [-0.2, 0) is 21.5 Å². The van der Waals surface area contributed by atoms with E-state index < -0.39 is 11.3 Å². The average molecular weight is 302 g/mol. The molecule has 1 aliphatic rings. The number of hydrogen-bond acceptors (Lipinski definition) is 3. The summed E-state index contributed by atoms with van der Waals surface area (Å²) in [6, 6.07) is 7.57. The normalized spacial score (nSPS) is 15.3. The van der Waals surface area contributed by atoms with Crippen LogP contribution in [-0.4, -0.2) is 21.6 Å². The van der Waals surface area contributed by atoms with Gasteiger partial charge in [-0.15, -0.1) is 0 Å². The smallest absolute Gasteiger partial charge is 0.239 e. The molecule has 0 spiro atoms. The molecular weight excluding hydrogens is 287 g/mol. The Balaban J connectivity index is 1.73. The number of hydrogen-bond donors (Lipinski definition) is 2. The van der Waals surface area contributed by atoms with Crippen molar-refractivity contribution in [2.24, 2.45) is 5.73 Å². The molecule has 3 N–H and O–H groups in total. The molecule has 0 aliphatic heterocycles. The van der Waals surface area contributed by atoms with Crippen molar-refractivity contribution in [3.05, 3.63) is 47.9 Å². The van der Waals surface area contributed by atoms with E-state index in [0.29, 0.717) is 18.7 Å². The highest BCUT2D eigenvalue weighted by atomic mass is 19.1. The van der Waals surface area contributed by atoms with Crippen molar-refractivity contribution >= 4 is 17.6 Å². The lowest BCUT2D eigenvalue weighted by atomic mass is 9.95. The van der Waals surface area contributed by atoms with Gasteiger partial charge in [-0.05, 0) is 30.5 Å². The first-order valence-corrected chi connectivity index (χ1v) is 6.89. The van der Waals surface area contributed by atoms with E-state index in [1.54, 1.807) is 24.4 Å². The number of carbonyl (C=O) groups is 2. The highest BCUT2D eigenvalue weighted by Crippen LogP contribution is 2.48. The summed E-state index contributed by atoms with van der Waals surface area (Å²) >= 11 is 0. The molecule has 1 saturated carbocycles. The zero-order valence-electron chi connectivity index (χ0n) is 11.8. The summed E-state index contributed by atoms with van der Waals surface area (Å²) in [5.41, 5.74) is 5.27. The highest BCUT2D eigenvalue weighted by molar-refractivity contribution is 6.00. The van der Waals surface area contributed by atoms with Gasteiger partial charge in [0.25, 0.3) is 0 Å². The molecule has 7 heteroatoms. The van der Waals surface area contributed by atoms with Crippen LogP contribution in [0.1, 0.15) is 18.4 Å². The van der Waals surface area contributed by atoms with Crippen LogP contribution in [0, 0.1) is 5.82 Å². The number of aromatic nitrogens is 2. The molecule has 6 nitrogen and oxygen atoms in total. The lowest BCUT2D eigenvalue weighted by molar-refractivity contribution is -0.119. The van der Waals surface area contributed by atoms with Crippen molar-refractivity contribution in [2.45, 2.75) is 24.8 Å². The number of carbonyl (C=O) groups excluding carboxylic acids is 2. The Kier molecular flexibility index (Phi) is 3.40. The van der Waals surface area contributed by atoms with Gasteiger partial charge in [-0.25, -0.2) is 4.39 Å². The largest absolute Gasteiger partial charge is 0.368 e. The third-order valence-electron chi connectivity index (χ3n) is 3.78. The summed E-state index contributed by atoms with van der Waals surface area (Å²) in [7, 11) is 0. The summed E-state index contributed by atoms with van der Waals surface area (Å²) < 4.78 is 14.4. The van der Waals surface area contributed by atoms with Crippen LogP contribution in [0.15, 0.2) is 36.5 Å². The van der Waals surface area contributed by atoms with Crippen molar-refractivity contribution in [3.8, 4) is 0 Å². The number of anilines is 1. The maximum absolute atomic E-state index is 13.0. The minimum atomic E-state index is -0.610. The number of nitrogens with zero attached hydrogens (tertiary/aromatic N) is 2. The second-order valence-electron chi connectivity index (χ2n) is 5.41. The van der Waals surface area contributed by atoms with Gasteiger partial charge in [0.15, 0.2) is 5.82 Å². The summed E-state index contributed by atoms with van der Waals surface area (Å²) in [6.07, 6.45) is 3.00. The molecule has 114 valence electrons. The Morgan fingerprint density at radius 2 is 1.95 bits per heavy atom. The molecule has 1 heterocycles. The van der Waals surface area contributed by atoms with Crippen LogP contribution in [0.4, 0.5) is 10.2 Å². The highest BCUT2D eigenvalue weighted by Gasteiger charge is 2.51. The minimum Gasteiger partial charge on any atom is -0.368 e. The first kappa shape index (κ1) is 14.2. The zero-order valence-corrected chi connectivity index (χ0v) is 11.8. The fourth-order valence-electron chi connectivity index (χ4n) is 2.45. The summed E-state index contributed by atoms with van der Waals surface area (Å²) in [6.45, 7) is -0.0427. The Labute approximate surface area is 126 Å². The Hall–Kier alpha value is -2.70. The fourth-order valence-corrected chi connectivity index (χ4v) is 2.45. The Morgan fingerprint density at radius 1 is 1.27 bits per heavy atom. The molecule has 0 saturated heterocycles. The SMILES string of the molecule is NC(=O)Cn1ccc(NC(=O)C2(c3ccc(F)cc3)CC2)n1. The number of rotatable bonds is 5. The lowest BCUT2D eigenvalue weighted by Gasteiger charge is -2.14. The van der Waals surface area contributed by atoms with Gasteiger partial charge in [0.1, 0.15) is 12.4 Å². The van der Waals surface area contributed by atoms with Gasteiger partial charge in [0.05, 0.1) is 5.41 Å². The molecule has 2 aromatic rings. The quantitative estimate of drug-likeness (QED) is 0.869. The van der Waals surface area contributed by atoms with Gasteiger partial charge in [-0.2, -0.15) is 5.10 Å². The topological polar surface area (TPSA) is 90.0 Å². The van der Waals surface area contributed by atoms with Crippen molar-refractivity contribution in [3.63, 3.8) is 0 Å². The Bertz CT molecular complexity index is 719. The summed E-state index contributed by atoms with van der Waals surface area (Å²) in [4.78, 5) is 23.3. The number of nitrogens with one attached hydrogen (secondary N) is 1. The molecule has 1 aromatic heterocycles. The fraction of sp³-hybridized carbons (Fsp3) is 0.267. The third-order valence-corrected chi connectivity index (χ3v) is 3.78. The van der Waals surface area contributed by atoms with Gasteiger partial charge in [0.2, 0.25) is 11.8 Å². The molecule has 0 radical (unpaired) electrons. The van der Waals surface area contributed by atoms with Crippen LogP contribution in [0.25, 0.3) is 0 Å². The molecule has 22 heavy (non-hydrogen) atoms. The number of amides is 2. The molecule has 1 fully saturated rings. The van der Waals surface area contributed by atoms with E-state index in [9.17, 15) is 14.0 Å². The molecule has 0 unspecified atom stereocenters. The summed E-state index contributed by atoms with van der Waals surface area (Å²) in [5.74, 6) is -0.654. The van der Waals surface area contributed by atoms with E-state index in [-0.39, 0.29) is 18.3 Å². The number of nitrogens with two attached hydrogens (primary N) is 1. The molecule has 3 rings (SSSR count). The molecule has 0 atom stereocenters. The number of halogens is 1. The Morgan fingerprint density at radius 3 is 2.55 bits per heavy atom. The first-order chi connectivity index (χ1) is 10.5. The zero-order chi connectivity index (χ0) is 15.7. The predicted molar refractivity (Wildman–Crippen MR) is 77.4 cm³/mol. The number of benzene rings is 1. The van der Waals surface area contributed by atoms with E-state index in [2.05, 4.69) is 10.4 Å². The molecule has 0 bridgehead atoms. The maximum atomic E-state index is 13.0. The van der Waals surface area contributed by atoms with E-state index in [0.717, 1.165) is 5.56 Å². The van der Waals surface area contributed by atoms with E-state index in [1.165, 1.54) is 16.8 Å². The van der Waals surface area contributed by atoms with E-state index in [1.807, 2.05) is 0 Å². The van der Waals surface area contributed by atoms with Crippen molar-refractivity contribution in [1.29, 1.82) is 0 Å². The monoisotopic (exact) mass is 302 g/mol. The number of primary amides is 1. The second-order valence-corrected chi connectivity index (χ2v) is 5.41. The van der Waals surface area contributed by atoms with Gasteiger partial charge in [-0.1, -0.05) is 12.1 Å². The predicted octanol–water partition coefficient (Wildman–Crippen LogP) is 1.18. The maximum Gasteiger partial charge on any atom is 0.239 e. The van der Waals surface area contributed by atoms with Crippen molar-refractivity contribution in [2.75, 3.05) is 5.32 Å². The minimum absolute atomic E-state index is 0.0427. The van der Waals surface area contributed by atoms with Crippen LogP contribution in [0.5, 0.6) is 0 Å². The standard InChI is InChI=1S/C15H15FN4O2/c16-11-3-1-10(2-4-11)15(6-7-15)14(22)18-13-5-8-20(19-13)9-12(17)21/h1-5,8H,6-7,9H2,(H2,17,21)(H,18,19,22). The van der Waals surface area contributed by atoms with Gasteiger partial charge in [0, 0.05) is 12.3 Å². The molecule has 1 aromatic carbocycles.